The third kappa shape index (κ3) is 23.2. The second-order valence-electron chi connectivity index (χ2n) is 11.2. The van der Waals surface area contributed by atoms with Crippen LogP contribution >= 0.6 is 0 Å². The summed E-state index contributed by atoms with van der Waals surface area (Å²) in [6, 6.07) is 4.77. The third-order valence-corrected chi connectivity index (χ3v) is 7.34. The molecule has 0 radical (unpaired) electrons. The van der Waals surface area contributed by atoms with E-state index in [1.54, 1.807) is 6.07 Å². The summed E-state index contributed by atoms with van der Waals surface area (Å²) in [4.78, 5) is 11.5. The molecule has 1 unspecified atom stereocenters. The molecule has 0 aliphatic heterocycles. The van der Waals surface area contributed by atoms with E-state index < -0.39 is 6.10 Å². The van der Waals surface area contributed by atoms with Gasteiger partial charge in [-0.1, -0.05) is 127 Å². The Balaban J connectivity index is 1.72. The van der Waals surface area contributed by atoms with Crippen LogP contribution in [0.15, 0.2) is 24.3 Å². The quantitative estimate of drug-likeness (QED) is 0.0455. The van der Waals surface area contributed by atoms with Crippen LogP contribution in [0.5, 0.6) is 11.5 Å². The summed E-state index contributed by atoms with van der Waals surface area (Å²) in [5.74, 6) is -0.496. The number of esters is 1. The van der Waals surface area contributed by atoms with Gasteiger partial charge in [0, 0.05) is 13.0 Å². The van der Waals surface area contributed by atoms with Crippen LogP contribution in [-0.4, -0.2) is 58.9 Å². The molecule has 236 valence electrons. The zero-order valence-electron chi connectivity index (χ0n) is 25.4. The van der Waals surface area contributed by atoms with Gasteiger partial charge in [0.2, 0.25) is 0 Å². The van der Waals surface area contributed by atoms with Crippen LogP contribution in [0.1, 0.15) is 134 Å². The lowest BCUT2D eigenvalue weighted by Gasteiger charge is -2.08. The van der Waals surface area contributed by atoms with Crippen LogP contribution in [0.2, 0.25) is 0 Å². The number of carbonyl (C=O) groups excluding carboxylic acids is 1. The van der Waals surface area contributed by atoms with Crippen molar-refractivity contribution in [1.29, 1.82) is 0 Å². The van der Waals surface area contributed by atoms with Crippen molar-refractivity contribution in [2.24, 2.45) is 0 Å². The van der Waals surface area contributed by atoms with Crippen molar-refractivity contribution in [3.05, 3.63) is 29.8 Å². The fourth-order valence-electron chi connectivity index (χ4n) is 4.77. The van der Waals surface area contributed by atoms with Gasteiger partial charge in [-0.05, 0) is 30.5 Å². The van der Waals surface area contributed by atoms with Crippen molar-refractivity contribution in [3.63, 3.8) is 0 Å². The van der Waals surface area contributed by atoms with E-state index in [4.69, 9.17) is 19.7 Å². The van der Waals surface area contributed by atoms with Crippen molar-refractivity contribution in [2.75, 3.05) is 26.4 Å². The predicted molar refractivity (Wildman–Crippen MR) is 166 cm³/mol. The molecule has 41 heavy (non-hydrogen) atoms. The monoisotopic (exact) mass is 578 g/mol. The first-order chi connectivity index (χ1) is 20.0. The molecule has 1 atom stereocenters. The molecule has 0 fully saturated rings. The van der Waals surface area contributed by atoms with Crippen molar-refractivity contribution < 1.29 is 34.7 Å². The zero-order valence-corrected chi connectivity index (χ0v) is 25.4. The number of benzene rings is 1. The Bertz CT molecular complexity index is 780. The maximum Gasteiger partial charge on any atom is 0.305 e. The molecule has 0 aliphatic carbocycles. The van der Waals surface area contributed by atoms with E-state index in [1.807, 2.05) is 12.2 Å². The van der Waals surface area contributed by atoms with E-state index >= 15 is 0 Å². The molecule has 7 nitrogen and oxygen atoms in total. The Morgan fingerprint density at radius 1 is 0.707 bits per heavy atom. The smallest absolute Gasteiger partial charge is 0.305 e. The van der Waals surface area contributed by atoms with Gasteiger partial charge in [-0.2, -0.15) is 0 Å². The molecule has 0 spiro atoms. The summed E-state index contributed by atoms with van der Waals surface area (Å²) in [6.07, 6.45) is 27.3. The van der Waals surface area contributed by atoms with Crippen molar-refractivity contribution >= 4 is 12.0 Å². The fraction of sp³-hybridized carbons (Fsp3) is 0.735. The topological polar surface area (TPSA) is 116 Å². The average molecular weight is 579 g/mol. The molecular weight excluding hydrogens is 520 g/mol. The molecule has 0 aromatic heterocycles. The number of phenolic OH excluding ortho intramolecular Hbond substituents is 2. The number of aliphatic hydroxyl groups is 2. The number of phenols is 2. The van der Waals surface area contributed by atoms with Crippen molar-refractivity contribution in [2.45, 2.75) is 135 Å². The maximum atomic E-state index is 11.5. The van der Waals surface area contributed by atoms with Crippen LogP contribution in [0.3, 0.4) is 0 Å². The van der Waals surface area contributed by atoms with Gasteiger partial charge >= 0.3 is 5.97 Å². The maximum absolute atomic E-state index is 11.5. The van der Waals surface area contributed by atoms with E-state index in [0.717, 1.165) is 37.9 Å². The van der Waals surface area contributed by atoms with Gasteiger partial charge in [-0.3, -0.25) is 4.79 Å². The van der Waals surface area contributed by atoms with Crippen LogP contribution in [-0.2, 0) is 14.3 Å². The molecule has 1 aromatic rings. The molecule has 0 saturated carbocycles. The van der Waals surface area contributed by atoms with Crippen LogP contribution in [0.25, 0.3) is 6.08 Å². The van der Waals surface area contributed by atoms with Crippen LogP contribution < -0.4 is 0 Å². The van der Waals surface area contributed by atoms with Crippen molar-refractivity contribution in [1.82, 2.24) is 0 Å². The van der Waals surface area contributed by atoms with E-state index in [1.165, 1.54) is 108 Å². The van der Waals surface area contributed by atoms with Crippen LogP contribution in [0.4, 0.5) is 0 Å². The highest BCUT2D eigenvalue weighted by Crippen LogP contribution is 2.25. The van der Waals surface area contributed by atoms with Gasteiger partial charge in [-0.25, -0.2) is 0 Å². The first-order valence-electron chi connectivity index (χ1n) is 16.2. The third-order valence-electron chi connectivity index (χ3n) is 7.34. The van der Waals surface area contributed by atoms with Gasteiger partial charge in [0.05, 0.1) is 13.2 Å². The highest BCUT2D eigenvalue weighted by Gasteiger charge is 2.07. The number of aromatic hydroxyl groups is 2. The Hall–Kier alpha value is -2.09. The van der Waals surface area contributed by atoms with Gasteiger partial charge in [0.1, 0.15) is 12.7 Å². The Morgan fingerprint density at radius 2 is 1.20 bits per heavy atom. The normalized spacial score (nSPS) is 12.2. The standard InChI is InChI=1S/C34H58O7/c35-28-31(36)29-41-34(39)22-18-16-14-12-10-8-6-4-2-1-3-5-7-9-11-13-15-17-19-25-40-26-20-21-30-23-24-32(37)33(38)27-30/h20-21,23-24,27,31,35-38H,1-19,22,25-26,28-29H2. The lowest BCUT2D eigenvalue weighted by atomic mass is 10.0. The number of carbonyl (C=O) groups is 1. The molecule has 0 amide bonds. The predicted octanol–water partition coefficient (Wildman–Crippen LogP) is 7.83. The minimum atomic E-state index is -0.970. The van der Waals surface area contributed by atoms with Crippen LogP contribution in [0, 0.1) is 0 Å². The molecule has 0 saturated heterocycles. The SMILES string of the molecule is O=C(CCCCCCCCCCCCCCCCCCCCCOCC=Cc1ccc(O)c(O)c1)OCC(O)CO. The second kappa shape index (κ2) is 26.8. The highest BCUT2D eigenvalue weighted by atomic mass is 16.5. The Morgan fingerprint density at radius 3 is 1.68 bits per heavy atom. The Labute approximate surface area is 249 Å². The van der Waals surface area contributed by atoms with E-state index in [0.29, 0.717) is 13.0 Å². The minimum absolute atomic E-state index is 0.104. The average Bonchev–Trinajstić information content (AvgIpc) is 2.97. The number of ether oxygens (including phenoxy) is 2. The molecule has 1 aromatic carbocycles. The summed E-state index contributed by atoms with van der Waals surface area (Å²) in [6.45, 7) is 0.847. The van der Waals surface area contributed by atoms with Gasteiger partial charge in [0.25, 0.3) is 0 Å². The summed E-state index contributed by atoms with van der Waals surface area (Å²) in [5.41, 5.74) is 0.842. The molecule has 4 N–H and O–H groups in total. The Kier molecular flexibility index (Phi) is 24.1. The lowest BCUT2D eigenvalue weighted by Crippen LogP contribution is -2.21. The molecule has 0 heterocycles. The first-order valence-corrected chi connectivity index (χ1v) is 16.2. The highest BCUT2D eigenvalue weighted by molar-refractivity contribution is 5.69. The van der Waals surface area contributed by atoms with E-state index in [-0.39, 0.29) is 30.7 Å². The summed E-state index contributed by atoms with van der Waals surface area (Å²) in [5, 5.41) is 36.7. The number of unbranched alkanes of at least 4 members (excludes halogenated alkanes) is 18. The first kappa shape index (κ1) is 36.9. The van der Waals surface area contributed by atoms with Gasteiger partial charge < -0.3 is 29.9 Å². The lowest BCUT2D eigenvalue weighted by molar-refractivity contribution is -0.147. The molecule has 0 aliphatic rings. The summed E-state index contributed by atoms with van der Waals surface area (Å²) < 4.78 is 10.5. The number of rotatable bonds is 28. The van der Waals surface area contributed by atoms with Crippen molar-refractivity contribution in [3.8, 4) is 11.5 Å². The number of hydrogen-bond donors (Lipinski definition) is 4. The van der Waals surface area contributed by atoms with Gasteiger partial charge in [-0.15, -0.1) is 0 Å². The number of hydrogen-bond acceptors (Lipinski definition) is 7. The van der Waals surface area contributed by atoms with Gasteiger partial charge in [0.15, 0.2) is 11.5 Å². The fourth-order valence-corrected chi connectivity index (χ4v) is 4.77. The minimum Gasteiger partial charge on any atom is -0.504 e. The second-order valence-corrected chi connectivity index (χ2v) is 11.2. The van der Waals surface area contributed by atoms with E-state index in [9.17, 15) is 15.0 Å². The zero-order chi connectivity index (χ0) is 29.8. The number of aliphatic hydroxyl groups excluding tert-OH is 2. The molecule has 0 bridgehead atoms. The summed E-state index contributed by atoms with van der Waals surface area (Å²) in [7, 11) is 0. The summed E-state index contributed by atoms with van der Waals surface area (Å²) >= 11 is 0. The molecular formula is C34H58O7. The molecule has 1 rings (SSSR count). The largest absolute Gasteiger partial charge is 0.504 e. The molecule has 7 heteroatoms. The van der Waals surface area contributed by atoms with E-state index in [2.05, 4.69) is 0 Å².